The van der Waals surface area contributed by atoms with Crippen molar-refractivity contribution in [3.63, 3.8) is 0 Å². The van der Waals surface area contributed by atoms with E-state index in [0.29, 0.717) is 5.92 Å². The van der Waals surface area contributed by atoms with E-state index in [1.807, 2.05) is 30.3 Å². The maximum atomic E-state index is 5.02. The molecular formula is C22H30N4. The van der Waals surface area contributed by atoms with Crippen molar-refractivity contribution in [3.8, 4) is 0 Å². The molecular weight excluding hydrogens is 320 g/mol. The largest absolute Gasteiger partial charge is 0.366 e. The average molecular weight is 351 g/mol. The summed E-state index contributed by atoms with van der Waals surface area (Å²) in [4.78, 5) is 6.51. The van der Waals surface area contributed by atoms with Crippen molar-refractivity contribution in [1.29, 1.82) is 0 Å². The summed E-state index contributed by atoms with van der Waals surface area (Å²) < 4.78 is 0. The Morgan fingerprint density at radius 3 is 2.58 bits per heavy atom. The SMILES string of the molecule is C=C(c1ccccc1)N1CC=C(C2CCC2)C(CCC(=NC)N(C)C)=N1. The van der Waals surface area contributed by atoms with Crippen LogP contribution in [-0.2, 0) is 0 Å². The third kappa shape index (κ3) is 4.06. The standard InChI is InChI=1S/C22H30N4/c1-17(18-9-6-5-7-10-18)26-16-15-20(19-11-8-12-19)21(24-26)13-14-22(23-2)25(3)4/h5-7,9-10,15,19H,1,8,11-14,16H2,2-4H3. The predicted octanol–water partition coefficient (Wildman–Crippen LogP) is 4.43. The van der Waals surface area contributed by atoms with Crippen molar-refractivity contribution in [3.05, 3.63) is 54.1 Å². The second-order valence-corrected chi connectivity index (χ2v) is 7.26. The summed E-state index contributed by atoms with van der Waals surface area (Å²) in [6, 6.07) is 10.3. The van der Waals surface area contributed by atoms with Gasteiger partial charge in [0.05, 0.1) is 23.8 Å². The van der Waals surface area contributed by atoms with Crippen LogP contribution in [0.3, 0.4) is 0 Å². The van der Waals surface area contributed by atoms with E-state index in [1.54, 1.807) is 0 Å². The number of amidine groups is 1. The minimum atomic E-state index is 0.697. The number of benzene rings is 1. The average Bonchev–Trinajstić information content (AvgIpc) is 2.61. The van der Waals surface area contributed by atoms with E-state index in [4.69, 9.17) is 5.10 Å². The van der Waals surface area contributed by atoms with E-state index in [1.165, 1.54) is 30.5 Å². The Balaban J connectivity index is 1.78. The molecule has 3 rings (SSSR count). The highest BCUT2D eigenvalue weighted by Gasteiger charge is 2.28. The predicted molar refractivity (Wildman–Crippen MR) is 111 cm³/mol. The first-order valence-corrected chi connectivity index (χ1v) is 9.53. The van der Waals surface area contributed by atoms with Gasteiger partial charge in [0.1, 0.15) is 0 Å². The highest BCUT2D eigenvalue weighted by atomic mass is 15.5. The molecule has 0 radical (unpaired) electrons. The molecule has 1 aromatic rings. The molecule has 0 saturated heterocycles. The lowest BCUT2D eigenvalue weighted by Gasteiger charge is -2.34. The molecule has 1 aliphatic carbocycles. The van der Waals surface area contributed by atoms with Crippen LogP contribution in [0.4, 0.5) is 0 Å². The van der Waals surface area contributed by atoms with Crippen LogP contribution in [-0.4, -0.2) is 49.1 Å². The first-order valence-electron chi connectivity index (χ1n) is 9.53. The van der Waals surface area contributed by atoms with E-state index in [0.717, 1.165) is 36.5 Å². The number of aliphatic imine (C=N–C) groups is 1. The third-order valence-electron chi connectivity index (χ3n) is 5.38. The van der Waals surface area contributed by atoms with Crippen LogP contribution in [0.25, 0.3) is 5.70 Å². The van der Waals surface area contributed by atoms with Crippen LogP contribution in [0.1, 0.15) is 37.7 Å². The molecule has 26 heavy (non-hydrogen) atoms. The maximum absolute atomic E-state index is 5.02. The molecule has 0 atom stereocenters. The molecule has 0 aromatic heterocycles. The van der Waals surface area contributed by atoms with Crippen LogP contribution >= 0.6 is 0 Å². The van der Waals surface area contributed by atoms with Gasteiger partial charge in [0.2, 0.25) is 0 Å². The summed E-state index contributed by atoms with van der Waals surface area (Å²) in [6.45, 7) is 5.10. The number of hydrogen-bond acceptors (Lipinski definition) is 3. The first-order chi connectivity index (χ1) is 12.6. The normalized spacial score (nSPS) is 18.1. The highest BCUT2D eigenvalue weighted by molar-refractivity contribution is 6.03. The van der Waals surface area contributed by atoms with Crippen molar-refractivity contribution >= 4 is 17.2 Å². The Morgan fingerprint density at radius 2 is 2.00 bits per heavy atom. The van der Waals surface area contributed by atoms with Gasteiger partial charge < -0.3 is 4.90 Å². The second-order valence-electron chi connectivity index (χ2n) is 7.26. The highest BCUT2D eigenvalue weighted by Crippen LogP contribution is 2.36. The summed E-state index contributed by atoms with van der Waals surface area (Å²) in [5, 5.41) is 7.06. The maximum Gasteiger partial charge on any atom is 0.0984 e. The van der Waals surface area contributed by atoms with Crippen LogP contribution in [0, 0.1) is 5.92 Å². The van der Waals surface area contributed by atoms with Crippen LogP contribution < -0.4 is 0 Å². The van der Waals surface area contributed by atoms with Gasteiger partial charge in [-0.1, -0.05) is 49.4 Å². The lowest BCUT2D eigenvalue weighted by molar-refractivity contribution is 0.367. The van der Waals surface area contributed by atoms with Gasteiger partial charge in [-0.2, -0.15) is 5.10 Å². The molecule has 2 aliphatic rings. The van der Waals surface area contributed by atoms with Crippen molar-refractivity contribution in [2.75, 3.05) is 27.7 Å². The number of rotatable bonds is 6. The molecule has 1 aromatic carbocycles. The summed E-state index contributed by atoms with van der Waals surface area (Å²) in [7, 11) is 5.97. The van der Waals surface area contributed by atoms with Crippen molar-refractivity contribution in [1.82, 2.24) is 9.91 Å². The Hall–Kier alpha value is -2.36. The number of allylic oxidation sites excluding steroid dienone is 1. The van der Waals surface area contributed by atoms with Gasteiger partial charge in [0, 0.05) is 27.6 Å². The zero-order valence-corrected chi connectivity index (χ0v) is 16.3. The zero-order chi connectivity index (χ0) is 18.5. The summed E-state index contributed by atoms with van der Waals surface area (Å²) in [6.07, 6.45) is 8.15. The lowest BCUT2D eigenvalue weighted by Crippen LogP contribution is -2.30. The minimum Gasteiger partial charge on any atom is -0.366 e. The van der Waals surface area contributed by atoms with E-state index in [-0.39, 0.29) is 0 Å². The first kappa shape index (κ1) is 18.4. The Bertz CT molecular complexity index is 724. The van der Waals surface area contributed by atoms with Gasteiger partial charge in [-0.05, 0) is 36.3 Å². The fourth-order valence-corrected chi connectivity index (χ4v) is 3.58. The summed E-state index contributed by atoms with van der Waals surface area (Å²) in [5.41, 5.74) is 4.76. The van der Waals surface area contributed by atoms with Crippen LogP contribution in [0.5, 0.6) is 0 Å². The number of hydrazone groups is 1. The molecule has 0 amide bonds. The van der Waals surface area contributed by atoms with E-state index in [2.05, 4.69) is 48.8 Å². The molecule has 4 nitrogen and oxygen atoms in total. The molecule has 1 heterocycles. The summed E-state index contributed by atoms with van der Waals surface area (Å²) in [5.74, 6) is 1.81. The van der Waals surface area contributed by atoms with Crippen LogP contribution in [0.2, 0.25) is 0 Å². The molecule has 0 unspecified atom stereocenters. The molecule has 0 bridgehead atoms. The summed E-state index contributed by atoms with van der Waals surface area (Å²) >= 11 is 0. The van der Waals surface area contributed by atoms with E-state index >= 15 is 0 Å². The van der Waals surface area contributed by atoms with Gasteiger partial charge in [-0.15, -0.1) is 0 Å². The van der Waals surface area contributed by atoms with Gasteiger partial charge in [-0.25, -0.2) is 0 Å². The third-order valence-corrected chi connectivity index (χ3v) is 5.38. The fourth-order valence-electron chi connectivity index (χ4n) is 3.58. The minimum absolute atomic E-state index is 0.697. The Labute approximate surface area is 157 Å². The van der Waals surface area contributed by atoms with Crippen LogP contribution in [0.15, 0.2) is 58.7 Å². The molecule has 1 aliphatic heterocycles. The van der Waals surface area contributed by atoms with Crippen molar-refractivity contribution in [2.24, 2.45) is 16.0 Å². The van der Waals surface area contributed by atoms with Crippen molar-refractivity contribution in [2.45, 2.75) is 32.1 Å². The zero-order valence-electron chi connectivity index (χ0n) is 16.3. The Kier molecular flexibility index (Phi) is 5.92. The number of nitrogens with zero attached hydrogens (tertiary/aromatic N) is 4. The van der Waals surface area contributed by atoms with Gasteiger partial charge in [0.15, 0.2) is 0 Å². The number of hydrogen-bond donors (Lipinski definition) is 0. The van der Waals surface area contributed by atoms with E-state index < -0.39 is 0 Å². The monoisotopic (exact) mass is 350 g/mol. The molecule has 4 heteroatoms. The van der Waals surface area contributed by atoms with Gasteiger partial charge in [0.25, 0.3) is 0 Å². The quantitative estimate of drug-likeness (QED) is 0.561. The lowest BCUT2D eigenvalue weighted by atomic mass is 9.76. The molecule has 138 valence electrons. The topological polar surface area (TPSA) is 31.2 Å². The Morgan fingerprint density at radius 1 is 1.27 bits per heavy atom. The van der Waals surface area contributed by atoms with Gasteiger partial charge in [-0.3, -0.25) is 10.0 Å². The van der Waals surface area contributed by atoms with E-state index in [9.17, 15) is 0 Å². The second kappa shape index (κ2) is 8.35. The molecule has 0 spiro atoms. The molecule has 1 fully saturated rings. The van der Waals surface area contributed by atoms with Crippen molar-refractivity contribution < 1.29 is 0 Å². The van der Waals surface area contributed by atoms with Gasteiger partial charge >= 0.3 is 0 Å². The fraction of sp³-hybridized carbons (Fsp3) is 0.455. The molecule has 0 N–H and O–H groups in total. The molecule has 1 saturated carbocycles. The smallest absolute Gasteiger partial charge is 0.0984 e.